The molecular weight excluding hydrogens is 260 g/mol. The fraction of sp³-hybridized carbons (Fsp3) is 0.429. The van der Waals surface area contributed by atoms with Gasteiger partial charge in [-0.2, -0.15) is 0 Å². The van der Waals surface area contributed by atoms with E-state index in [1.807, 2.05) is 0 Å². The average molecular weight is 280 g/mol. The third-order valence-electron chi connectivity index (χ3n) is 2.65. The van der Waals surface area contributed by atoms with Gasteiger partial charge in [0.05, 0.1) is 5.75 Å². The quantitative estimate of drug-likeness (QED) is 0.752. The fourth-order valence-corrected chi connectivity index (χ4v) is 2.33. The van der Waals surface area contributed by atoms with Crippen molar-refractivity contribution < 1.29 is 9.59 Å². The van der Waals surface area contributed by atoms with Crippen molar-refractivity contribution in [2.75, 3.05) is 17.6 Å². The Kier molecular flexibility index (Phi) is 6.59. The number of thioether (sulfide) groups is 1. The molecule has 0 aromatic heterocycles. The zero-order valence-corrected chi connectivity index (χ0v) is 12.1. The number of nitrogens with one attached hydrogen (secondary N) is 1. The van der Waals surface area contributed by atoms with Crippen molar-refractivity contribution >= 4 is 29.1 Å². The number of Topliss-reactive ketones (excluding diaryl/α,β-unsaturated/α-hetero) is 1. The lowest BCUT2D eigenvalue weighted by atomic mass is 10.1. The van der Waals surface area contributed by atoms with Gasteiger partial charge in [-0.25, -0.2) is 0 Å². The maximum Gasteiger partial charge on any atom is 0.234 e. The molecule has 0 fully saturated rings. The molecular formula is C14H20N2O2S. The van der Waals surface area contributed by atoms with Crippen molar-refractivity contribution in [1.82, 2.24) is 0 Å². The molecule has 1 aromatic rings. The van der Waals surface area contributed by atoms with Crippen LogP contribution >= 0.6 is 11.8 Å². The van der Waals surface area contributed by atoms with E-state index < -0.39 is 0 Å². The van der Waals surface area contributed by atoms with Crippen LogP contribution in [0.15, 0.2) is 24.3 Å². The predicted octanol–water partition coefficient (Wildman–Crippen LogP) is 2.30. The highest BCUT2D eigenvalue weighted by atomic mass is 32.2. The number of rotatable bonds is 7. The van der Waals surface area contributed by atoms with Gasteiger partial charge in [-0.05, 0) is 44.2 Å². The highest BCUT2D eigenvalue weighted by molar-refractivity contribution is 8.00. The molecule has 0 aliphatic heterocycles. The largest absolute Gasteiger partial charge is 0.330 e. The van der Waals surface area contributed by atoms with Crippen molar-refractivity contribution in [3.05, 3.63) is 29.8 Å². The van der Waals surface area contributed by atoms with Gasteiger partial charge in [-0.15, -0.1) is 11.8 Å². The first-order chi connectivity index (χ1) is 9.02. The molecule has 0 radical (unpaired) electrons. The predicted molar refractivity (Wildman–Crippen MR) is 80.7 cm³/mol. The van der Waals surface area contributed by atoms with Gasteiger partial charge in [0, 0.05) is 16.5 Å². The second-order valence-electron chi connectivity index (χ2n) is 4.38. The lowest BCUT2D eigenvalue weighted by Crippen LogP contribution is -2.17. The summed E-state index contributed by atoms with van der Waals surface area (Å²) in [6.45, 7) is 4.22. The summed E-state index contributed by atoms with van der Waals surface area (Å²) in [5.41, 5.74) is 6.81. The Bertz CT molecular complexity index is 432. The summed E-state index contributed by atoms with van der Waals surface area (Å²) >= 11 is 1.59. The molecule has 104 valence electrons. The van der Waals surface area contributed by atoms with Crippen LogP contribution in [-0.2, 0) is 4.79 Å². The number of ketones is 1. The topological polar surface area (TPSA) is 72.2 Å². The van der Waals surface area contributed by atoms with Gasteiger partial charge >= 0.3 is 0 Å². The third kappa shape index (κ3) is 5.89. The molecule has 0 bridgehead atoms. The zero-order chi connectivity index (χ0) is 14.3. The van der Waals surface area contributed by atoms with Crippen molar-refractivity contribution in [1.29, 1.82) is 0 Å². The maximum absolute atomic E-state index is 11.7. The van der Waals surface area contributed by atoms with E-state index in [1.165, 1.54) is 6.92 Å². The van der Waals surface area contributed by atoms with Crippen LogP contribution in [0.4, 0.5) is 5.69 Å². The van der Waals surface area contributed by atoms with Crippen molar-refractivity contribution in [2.45, 2.75) is 25.5 Å². The van der Waals surface area contributed by atoms with E-state index in [2.05, 4.69) is 12.2 Å². The lowest BCUT2D eigenvalue weighted by Gasteiger charge is -2.10. The van der Waals surface area contributed by atoms with E-state index in [9.17, 15) is 9.59 Å². The molecule has 1 unspecified atom stereocenters. The van der Waals surface area contributed by atoms with Gasteiger partial charge < -0.3 is 11.1 Å². The Morgan fingerprint density at radius 2 is 1.95 bits per heavy atom. The van der Waals surface area contributed by atoms with E-state index in [0.29, 0.717) is 28.8 Å². The average Bonchev–Trinajstić information content (AvgIpc) is 2.37. The number of benzene rings is 1. The number of carbonyl (C=O) groups excluding carboxylic acids is 2. The summed E-state index contributed by atoms with van der Waals surface area (Å²) in [5.74, 6) is 0.392. The Balaban J connectivity index is 2.42. The number of hydrogen-bond donors (Lipinski definition) is 2. The summed E-state index contributed by atoms with van der Waals surface area (Å²) in [7, 11) is 0. The minimum Gasteiger partial charge on any atom is -0.330 e. The second-order valence-corrected chi connectivity index (χ2v) is 5.81. The van der Waals surface area contributed by atoms with E-state index in [-0.39, 0.29) is 11.7 Å². The smallest absolute Gasteiger partial charge is 0.234 e. The minimum atomic E-state index is -0.0375. The van der Waals surface area contributed by atoms with Crippen molar-refractivity contribution in [3.63, 3.8) is 0 Å². The zero-order valence-electron chi connectivity index (χ0n) is 11.3. The molecule has 5 heteroatoms. The third-order valence-corrected chi connectivity index (χ3v) is 3.88. The molecule has 0 saturated carbocycles. The molecule has 4 nitrogen and oxygen atoms in total. The molecule has 1 rings (SSSR count). The van der Waals surface area contributed by atoms with Gasteiger partial charge in [-0.3, -0.25) is 9.59 Å². The first kappa shape index (κ1) is 15.7. The van der Waals surface area contributed by atoms with Crippen LogP contribution in [0.5, 0.6) is 0 Å². The Morgan fingerprint density at radius 1 is 1.32 bits per heavy atom. The number of hydrogen-bond acceptors (Lipinski definition) is 4. The summed E-state index contributed by atoms with van der Waals surface area (Å²) in [5, 5.41) is 3.19. The van der Waals surface area contributed by atoms with Gasteiger partial charge in [-0.1, -0.05) is 6.92 Å². The Hall–Kier alpha value is -1.33. The first-order valence-electron chi connectivity index (χ1n) is 6.25. The van der Waals surface area contributed by atoms with Gasteiger partial charge in [0.25, 0.3) is 0 Å². The normalized spacial score (nSPS) is 11.9. The standard InChI is InChI=1S/C14H20N2O2S/c1-10(7-8-15)19-9-14(18)16-13-5-3-12(4-6-13)11(2)17/h3-6,10H,7-9,15H2,1-2H3,(H,16,18). The SMILES string of the molecule is CC(=O)c1ccc(NC(=O)CSC(C)CCN)cc1. The highest BCUT2D eigenvalue weighted by Gasteiger charge is 2.07. The summed E-state index contributed by atoms with van der Waals surface area (Å²) in [6.07, 6.45) is 0.908. The highest BCUT2D eigenvalue weighted by Crippen LogP contribution is 2.15. The van der Waals surface area contributed by atoms with E-state index >= 15 is 0 Å². The summed E-state index contributed by atoms with van der Waals surface area (Å²) in [6, 6.07) is 6.90. The van der Waals surface area contributed by atoms with E-state index in [0.717, 1.165) is 6.42 Å². The van der Waals surface area contributed by atoms with Crippen molar-refractivity contribution in [3.8, 4) is 0 Å². The van der Waals surface area contributed by atoms with Crippen LogP contribution in [0.1, 0.15) is 30.6 Å². The van der Waals surface area contributed by atoms with E-state index in [4.69, 9.17) is 5.73 Å². The number of amides is 1. The minimum absolute atomic E-state index is 0.0176. The van der Waals surface area contributed by atoms with Gasteiger partial charge in [0.1, 0.15) is 0 Å². The Morgan fingerprint density at radius 3 is 2.47 bits per heavy atom. The first-order valence-corrected chi connectivity index (χ1v) is 7.30. The molecule has 1 amide bonds. The molecule has 1 aromatic carbocycles. The number of carbonyl (C=O) groups is 2. The molecule has 0 aliphatic carbocycles. The van der Waals surface area contributed by atoms with Crippen LogP contribution in [0.3, 0.4) is 0 Å². The van der Waals surface area contributed by atoms with Crippen LogP contribution in [0.2, 0.25) is 0 Å². The van der Waals surface area contributed by atoms with E-state index in [1.54, 1.807) is 36.0 Å². The molecule has 1 atom stereocenters. The molecule has 0 saturated heterocycles. The molecule has 0 aliphatic rings. The maximum atomic E-state index is 11.7. The monoisotopic (exact) mass is 280 g/mol. The van der Waals surface area contributed by atoms with Crippen LogP contribution in [-0.4, -0.2) is 29.2 Å². The van der Waals surface area contributed by atoms with Gasteiger partial charge in [0.15, 0.2) is 5.78 Å². The number of anilines is 1. The number of nitrogens with two attached hydrogens (primary N) is 1. The van der Waals surface area contributed by atoms with Crippen LogP contribution in [0, 0.1) is 0 Å². The van der Waals surface area contributed by atoms with Crippen LogP contribution in [0.25, 0.3) is 0 Å². The Labute approximate surface area is 118 Å². The molecule has 3 N–H and O–H groups in total. The second kappa shape index (κ2) is 7.96. The summed E-state index contributed by atoms with van der Waals surface area (Å²) < 4.78 is 0. The lowest BCUT2D eigenvalue weighted by molar-refractivity contribution is -0.113. The van der Waals surface area contributed by atoms with Crippen molar-refractivity contribution in [2.24, 2.45) is 5.73 Å². The molecule has 19 heavy (non-hydrogen) atoms. The summed E-state index contributed by atoms with van der Waals surface area (Å²) in [4.78, 5) is 22.8. The van der Waals surface area contributed by atoms with Gasteiger partial charge in [0.2, 0.25) is 5.91 Å². The molecule has 0 spiro atoms. The molecule has 0 heterocycles. The van der Waals surface area contributed by atoms with Crippen LogP contribution < -0.4 is 11.1 Å². The fourth-order valence-electron chi connectivity index (χ4n) is 1.52.